The van der Waals surface area contributed by atoms with Gasteiger partial charge < -0.3 is 10.2 Å². The maximum absolute atomic E-state index is 4.50. The van der Waals surface area contributed by atoms with Crippen molar-refractivity contribution in [2.75, 3.05) is 26.7 Å². The molecule has 1 atom stereocenters. The highest BCUT2D eigenvalue weighted by atomic mass is 15.1. The van der Waals surface area contributed by atoms with Gasteiger partial charge in [-0.1, -0.05) is 43.3 Å². The van der Waals surface area contributed by atoms with Crippen LogP contribution in [0.5, 0.6) is 0 Å². The zero-order valence-electron chi connectivity index (χ0n) is 12.3. The van der Waals surface area contributed by atoms with Gasteiger partial charge in [0, 0.05) is 19.3 Å². The molecule has 106 valence electrons. The highest BCUT2D eigenvalue weighted by molar-refractivity contribution is 5.27. The van der Waals surface area contributed by atoms with Gasteiger partial charge >= 0.3 is 0 Å². The third-order valence-corrected chi connectivity index (χ3v) is 3.50. The lowest BCUT2D eigenvalue weighted by molar-refractivity contribution is 0.344. The van der Waals surface area contributed by atoms with Crippen LogP contribution in [0, 0.1) is 0 Å². The molecule has 0 spiro atoms. The van der Waals surface area contributed by atoms with Gasteiger partial charge in [0.1, 0.15) is 0 Å². The molecule has 1 aromatic heterocycles. The van der Waals surface area contributed by atoms with E-state index < -0.39 is 0 Å². The van der Waals surface area contributed by atoms with E-state index in [1.54, 1.807) is 0 Å². The first-order valence-electron chi connectivity index (χ1n) is 7.19. The molecule has 0 radical (unpaired) electrons. The van der Waals surface area contributed by atoms with Crippen LogP contribution in [0.25, 0.3) is 0 Å². The van der Waals surface area contributed by atoms with Gasteiger partial charge in [-0.2, -0.15) is 0 Å². The molecule has 0 fully saturated rings. The minimum atomic E-state index is 0.155. The molecule has 1 N–H and O–H groups in total. The Labute approximate surface area is 121 Å². The second-order valence-corrected chi connectivity index (χ2v) is 4.95. The van der Waals surface area contributed by atoms with Crippen molar-refractivity contribution in [2.24, 2.45) is 0 Å². The predicted octanol–water partition coefficient (Wildman–Crippen LogP) is 2.71. The fourth-order valence-electron chi connectivity index (χ4n) is 2.14. The molecule has 2 rings (SSSR count). The molecule has 0 aliphatic carbocycles. The van der Waals surface area contributed by atoms with Crippen molar-refractivity contribution >= 4 is 0 Å². The fourth-order valence-corrected chi connectivity index (χ4v) is 2.14. The number of benzene rings is 1. The topological polar surface area (TPSA) is 28.2 Å². The number of hydrogen-bond donors (Lipinski definition) is 1. The van der Waals surface area contributed by atoms with Gasteiger partial charge in [0.05, 0.1) is 11.7 Å². The summed E-state index contributed by atoms with van der Waals surface area (Å²) >= 11 is 0. The summed E-state index contributed by atoms with van der Waals surface area (Å²) in [5.41, 5.74) is 2.32. The minimum absolute atomic E-state index is 0.155. The Morgan fingerprint density at radius 1 is 1.10 bits per heavy atom. The number of nitrogens with one attached hydrogen (secondary N) is 1. The van der Waals surface area contributed by atoms with Crippen molar-refractivity contribution in [3.63, 3.8) is 0 Å². The summed E-state index contributed by atoms with van der Waals surface area (Å²) < 4.78 is 0. The van der Waals surface area contributed by atoms with E-state index in [2.05, 4.69) is 59.5 Å². The largest absolute Gasteiger partial charge is 0.305 e. The summed E-state index contributed by atoms with van der Waals surface area (Å²) in [5.74, 6) is 0. The molecule has 1 unspecified atom stereocenters. The first-order chi connectivity index (χ1) is 9.81. The van der Waals surface area contributed by atoms with Crippen molar-refractivity contribution in [3.8, 4) is 0 Å². The van der Waals surface area contributed by atoms with Crippen LogP contribution in [0.15, 0.2) is 54.7 Å². The van der Waals surface area contributed by atoms with Gasteiger partial charge in [0.25, 0.3) is 0 Å². The smallest absolute Gasteiger partial charge is 0.0751 e. The third kappa shape index (κ3) is 4.15. The van der Waals surface area contributed by atoms with Crippen LogP contribution in [-0.4, -0.2) is 36.6 Å². The average Bonchev–Trinajstić information content (AvgIpc) is 2.53. The molecule has 2 aromatic rings. The van der Waals surface area contributed by atoms with E-state index in [-0.39, 0.29) is 6.04 Å². The lowest BCUT2D eigenvalue weighted by Gasteiger charge is -2.21. The summed E-state index contributed by atoms with van der Waals surface area (Å²) in [4.78, 5) is 6.80. The number of rotatable bonds is 7. The molecule has 0 amide bonds. The second-order valence-electron chi connectivity index (χ2n) is 4.95. The molecule has 3 nitrogen and oxygen atoms in total. The van der Waals surface area contributed by atoms with E-state index in [0.717, 1.165) is 25.3 Å². The number of nitrogens with zero attached hydrogens (tertiary/aromatic N) is 2. The van der Waals surface area contributed by atoms with Crippen molar-refractivity contribution < 1.29 is 0 Å². The zero-order valence-corrected chi connectivity index (χ0v) is 12.3. The van der Waals surface area contributed by atoms with Crippen LogP contribution in [0.4, 0.5) is 0 Å². The van der Waals surface area contributed by atoms with E-state index in [9.17, 15) is 0 Å². The second kappa shape index (κ2) is 7.78. The third-order valence-electron chi connectivity index (χ3n) is 3.50. The van der Waals surface area contributed by atoms with Crippen LogP contribution in [-0.2, 0) is 0 Å². The van der Waals surface area contributed by atoms with Gasteiger partial charge in [-0.25, -0.2) is 0 Å². The maximum atomic E-state index is 4.50. The van der Waals surface area contributed by atoms with E-state index in [4.69, 9.17) is 0 Å². The number of aromatic nitrogens is 1. The molecule has 1 heterocycles. The van der Waals surface area contributed by atoms with Crippen molar-refractivity contribution in [3.05, 3.63) is 66.0 Å². The highest BCUT2D eigenvalue weighted by Crippen LogP contribution is 2.19. The molecule has 1 aromatic carbocycles. The minimum Gasteiger partial charge on any atom is -0.305 e. The summed E-state index contributed by atoms with van der Waals surface area (Å²) in [7, 11) is 2.14. The SMILES string of the molecule is CCN(C)CCNC(c1ccccc1)c1ccccn1. The lowest BCUT2D eigenvalue weighted by atomic mass is 10.0. The van der Waals surface area contributed by atoms with Crippen molar-refractivity contribution in [1.29, 1.82) is 0 Å². The van der Waals surface area contributed by atoms with Gasteiger partial charge in [-0.3, -0.25) is 4.98 Å². The summed E-state index contributed by atoms with van der Waals surface area (Å²) in [6.45, 7) is 5.22. The molecule has 0 aliphatic rings. The van der Waals surface area contributed by atoms with E-state index in [1.807, 2.05) is 24.4 Å². The monoisotopic (exact) mass is 269 g/mol. The normalized spacial score (nSPS) is 12.6. The molecule has 0 bridgehead atoms. The highest BCUT2D eigenvalue weighted by Gasteiger charge is 2.14. The van der Waals surface area contributed by atoms with Crippen LogP contribution >= 0.6 is 0 Å². The molecular weight excluding hydrogens is 246 g/mol. The quantitative estimate of drug-likeness (QED) is 0.837. The fraction of sp³-hybridized carbons (Fsp3) is 0.353. The molecule has 0 saturated heterocycles. The molecule has 20 heavy (non-hydrogen) atoms. The number of hydrogen-bond acceptors (Lipinski definition) is 3. The first kappa shape index (κ1) is 14.7. The van der Waals surface area contributed by atoms with Gasteiger partial charge in [-0.05, 0) is 31.3 Å². The predicted molar refractivity (Wildman–Crippen MR) is 83.7 cm³/mol. The Hall–Kier alpha value is -1.71. The van der Waals surface area contributed by atoms with Crippen LogP contribution < -0.4 is 5.32 Å². The van der Waals surface area contributed by atoms with Crippen molar-refractivity contribution in [2.45, 2.75) is 13.0 Å². The van der Waals surface area contributed by atoms with E-state index in [0.29, 0.717) is 0 Å². The Bertz CT molecular complexity index is 445. The number of likely N-dealkylation sites (N-methyl/N-ethyl adjacent to an activating group) is 1. The molecular formula is C17H23N3. The zero-order chi connectivity index (χ0) is 14.2. The number of pyridine rings is 1. The summed E-state index contributed by atoms with van der Waals surface area (Å²) in [5, 5.41) is 3.61. The maximum Gasteiger partial charge on any atom is 0.0751 e. The Morgan fingerprint density at radius 3 is 2.50 bits per heavy atom. The Kier molecular flexibility index (Phi) is 5.71. The van der Waals surface area contributed by atoms with E-state index in [1.165, 1.54) is 5.56 Å². The van der Waals surface area contributed by atoms with Gasteiger partial charge in [-0.15, -0.1) is 0 Å². The summed E-state index contributed by atoms with van der Waals surface area (Å²) in [6, 6.07) is 16.7. The molecule has 0 aliphatic heterocycles. The standard InChI is InChI=1S/C17H23N3/c1-3-20(2)14-13-19-17(15-9-5-4-6-10-15)16-11-7-8-12-18-16/h4-12,17,19H,3,13-14H2,1-2H3. The van der Waals surface area contributed by atoms with E-state index >= 15 is 0 Å². The first-order valence-corrected chi connectivity index (χ1v) is 7.19. The average molecular weight is 269 g/mol. The van der Waals surface area contributed by atoms with Crippen LogP contribution in [0.2, 0.25) is 0 Å². The van der Waals surface area contributed by atoms with Crippen LogP contribution in [0.3, 0.4) is 0 Å². The van der Waals surface area contributed by atoms with Gasteiger partial charge in [0.2, 0.25) is 0 Å². The lowest BCUT2D eigenvalue weighted by Crippen LogP contribution is -2.32. The van der Waals surface area contributed by atoms with Crippen LogP contribution in [0.1, 0.15) is 24.2 Å². The Morgan fingerprint density at radius 2 is 1.85 bits per heavy atom. The molecule has 0 saturated carbocycles. The Balaban J connectivity index is 2.09. The molecule has 3 heteroatoms. The summed E-state index contributed by atoms with van der Waals surface area (Å²) in [6.07, 6.45) is 1.85. The van der Waals surface area contributed by atoms with Crippen molar-refractivity contribution in [1.82, 2.24) is 15.2 Å². The van der Waals surface area contributed by atoms with Gasteiger partial charge in [0.15, 0.2) is 0 Å².